The van der Waals surface area contributed by atoms with Gasteiger partial charge >= 0.3 is 7.12 Å². The first-order valence-corrected chi connectivity index (χ1v) is 31.2. The van der Waals surface area contributed by atoms with Crippen LogP contribution < -0.4 is 50.7 Å². The van der Waals surface area contributed by atoms with Crippen molar-refractivity contribution in [2.45, 2.75) is 102 Å². The maximum Gasteiger partial charge on any atom is 0.490 e. The number of nitrogens with zero attached hydrogens (tertiary/aromatic N) is 5. The normalized spacial score (nSPS) is 15.3. The number of carbonyl (C=O) groups excluding carboxylic acids is 3. The van der Waals surface area contributed by atoms with Crippen LogP contribution in [0, 0.1) is 20.8 Å². The van der Waals surface area contributed by atoms with Crippen molar-refractivity contribution >= 4 is 59.4 Å². The predicted molar refractivity (Wildman–Crippen MR) is 361 cm³/mol. The van der Waals surface area contributed by atoms with Crippen LogP contribution in [0.5, 0.6) is 29.0 Å². The molecule has 3 fully saturated rings. The highest BCUT2D eigenvalue weighted by molar-refractivity contribution is 6.58. The molecular formula is C72H73BClN9O11. The molecule has 0 radical (unpaired) electrons. The summed E-state index contributed by atoms with van der Waals surface area (Å²) < 4.78 is 26.6. The number of halogens is 1. The molecule has 6 aliphatic rings. The van der Waals surface area contributed by atoms with E-state index in [0.29, 0.717) is 53.0 Å². The van der Waals surface area contributed by atoms with E-state index in [9.17, 15) is 19.2 Å². The number of hydrogen-bond acceptors (Lipinski definition) is 16. The number of rotatable bonds is 14. The van der Waals surface area contributed by atoms with Gasteiger partial charge in [0.05, 0.1) is 61.7 Å². The first kappa shape index (κ1) is 65.5. The Morgan fingerprint density at radius 3 is 1.29 bits per heavy atom. The third-order valence-corrected chi connectivity index (χ3v) is 18.2. The number of carbonyl (C=O) groups is 3. The number of H-pyrrole nitrogens is 1. The highest BCUT2D eigenvalue weighted by Gasteiger charge is 2.53. The van der Waals surface area contributed by atoms with E-state index in [1.807, 2.05) is 93.6 Å². The number of nitrogens with one attached hydrogen (secondary N) is 4. The van der Waals surface area contributed by atoms with Crippen LogP contribution in [0.25, 0.3) is 22.5 Å². The number of amides is 3. The van der Waals surface area contributed by atoms with Crippen LogP contribution in [-0.2, 0) is 49.9 Å². The van der Waals surface area contributed by atoms with Crippen molar-refractivity contribution in [1.29, 1.82) is 0 Å². The van der Waals surface area contributed by atoms with Gasteiger partial charge in [0, 0.05) is 66.6 Å². The molecule has 482 valence electrons. The first-order valence-electron chi connectivity index (χ1n) is 30.8. The second kappa shape index (κ2) is 27.7. The van der Waals surface area contributed by atoms with E-state index >= 15 is 0 Å². The lowest BCUT2D eigenvalue weighted by Crippen LogP contribution is -2.29. The topological polar surface area (TPSA) is 271 Å². The Hall–Kier alpha value is -9.96. The minimum Gasteiger partial charge on any atom is -0.493 e. The molecule has 0 spiro atoms. The van der Waals surface area contributed by atoms with E-state index in [0.717, 1.165) is 138 Å². The van der Waals surface area contributed by atoms with Gasteiger partial charge in [0.25, 0.3) is 0 Å². The number of pyridine rings is 6. The number of benzene rings is 3. The van der Waals surface area contributed by atoms with Gasteiger partial charge in [-0.25, -0.2) is 24.9 Å². The monoisotopic (exact) mass is 1290 g/mol. The third-order valence-electron chi connectivity index (χ3n) is 17.8. The van der Waals surface area contributed by atoms with Crippen LogP contribution in [-0.4, -0.2) is 98.8 Å². The van der Waals surface area contributed by atoms with E-state index in [1.165, 1.54) is 42.1 Å². The zero-order chi connectivity index (χ0) is 65.0. The maximum atomic E-state index is 13.2. The summed E-state index contributed by atoms with van der Waals surface area (Å²) in [6.45, 7) is 7.98. The van der Waals surface area contributed by atoms with Gasteiger partial charge in [-0.1, -0.05) is 79.7 Å². The summed E-state index contributed by atoms with van der Waals surface area (Å²) in [6, 6.07) is 39.6. The van der Waals surface area contributed by atoms with Gasteiger partial charge in [-0.3, -0.25) is 19.2 Å². The van der Waals surface area contributed by atoms with E-state index < -0.39 is 23.4 Å². The van der Waals surface area contributed by atoms with Gasteiger partial charge in [0.2, 0.25) is 35.0 Å². The van der Waals surface area contributed by atoms with Crippen molar-refractivity contribution < 1.29 is 48.1 Å². The molecule has 3 saturated carbocycles. The Kier molecular flexibility index (Phi) is 19.3. The molecule has 94 heavy (non-hydrogen) atoms. The standard InChI is InChI=1S/C24H23N3O3.C23H21N3O3.C18H17ClN2O2.C6H8BNO3.CH4/c1-15-3-7-20(26-22(15)17-4-8-21(29-2)25-14-17)27-23(28)24(10-11-24)18-5-6-19-16(13-18)9-12-30-19;1-14-2-6-19(25-21(14)16-3-7-20(27)24-13-16)26-22(28)23(9-10-23)17-4-5-18-15(12-17)8-11-29-18;1-11-2-5-15(20-16(11)19)21-17(22)18(7-8-18)13-3-4-14-12(10-13)6-9-23-14;1-11-6-3-2-5(4-8-6)7(9)10;/h3-8,13-14H,9-12H2,1-2H3,(H,26,27,28);2-7,12-13H,8-11H2,1H3,(H,24,27)(H,25,26,28);2-5,10H,6-9H2,1H3,(H,20,21,22);2-4,9-10H,1H3;1H4. The fourth-order valence-corrected chi connectivity index (χ4v) is 11.8. The second-order valence-electron chi connectivity index (χ2n) is 23.9. The lowest BCUT2D eigenvalue weighted by Gasteiger charge is -2.17. The molecule has 9 heterocycles. The fourth-order valence-electron chi connectivity index (χ4n) is 11.7. The van der Waals surface area contributed by atoms with Crippen molar-refractivity contribution in [1.82, 2.24) is 29.9 Å². The van der Waals surface area contributed by atoms with Crippen molar-refractivity contribution in [2.24, 2.45) is 0 Å². The van der Waals surface area contributed by atoms with Gasteiger partial charge < -0.3 is 54.7 Å². The number of anilines is 3. The van der Waals surface area contributed by atoms with Crippen LogP contribution in [0.1, 0.15) is 96.0 Å². The van der Waals surface area contributed by atoms with E-state index in [2.05, 4.69) is 59.1 Å². The lowest BCUT2D eigenvalue weighted by molar-refractivity contribution is -0.119. The third kappa shape index (κ3) is 14.2. The number of aromatic nitrogens is 6. The Morgan fingerprint density at radius 1 is 0.521 bits per heavy atom. The number of ether oxygens (including phenoxy) is 5. The van der Waals surface area contributed by atoms with Crippen LogP contribution >= 0.6 is 11.6 Å². The molecule has 6 N–H and O–H groups in total. The quantitative estimate of drug-likeness (QED) is 0.0436. The highest BCUT2D eigenvalue weighted by atomic mass is 35.5. The lowest BCUT2D eigenvalue weighted by atomic mass is 9.82. The zero-order valence-electron chi connectivity index (χ0n) is 52.1. The second-order valence-corrected chi connectivity index (χ2v) is 24.3. The van der Waals surface area contributed by atoms with E-state index in [4.69, 9.17) is 50.3 Å². The molecule has 9 aromatic rings. The molecule has 20 nitrogen and oxygen atoms in total. The van der Waals surface area contributed by atoms with Crippen LogP contribution in [0.3, 0.4) is 0 Å². The SMILES string of the molecule is C.COc1ccc(-c2nc(NC(=O)C3(c4ccc5c(c4)CCO5)CC3)ccc2C)cn1.COc1ccc(B(O)O)cn1.Cc1ccc(NC(=O)C2(c3ccc4c(c3)CCO4)CC2)nc1-c1ccc(=O)[nH]c1.Cc1ccc(NC(=O)C2(c3ccc4c(c3)CCO4)CC2)nc1Cl. The minimum absolute atomic E-state index is 0. The number of hydrogen-bond donors (Lipinski definition) is 6. The van der Waals surface area contributed by atoms with Gasteiger partial charge in [-0.15, -0.1) is 0 Å². The van der Waals surface area contributed by atoms with E-state index in [-0.39, 0.29) is 30.7 Å². The molecule has 3 aliphatic carbocycles. The predicted octanol–water partition coefficient (Wildman–Crippen LogP) is 10.5. The van der Waals surface area contributed by atoms with Crippen LogP contribution in [0.2, 0.25) is 5.15 Å². The van der Waals surface area contributed by atoms with Crippen molar-refractivity contribution in [2.75, 3.05) is 50.0 Å². The smallest absolute Gasteiger partial charge is 0.490 e. The van der Waals surface area contributed by atoms with Gasteiger partial charge in [0.1, 0.15) is 39.9 Å². The van der Waals surface area contributed by atoms with E-state index in [1.54, 1.807) is 43.8 Å². The summed E-state index contributed by atoms with van der Waals surface area (Å²) >= 11 is 6.03. The summed E-state index contributed by atoms with van der Waals surface area (Å²) in [7, 11) is 1.62. The summed E-state index contributed by atoms with van der Waals surface area (Å²) in [5.74, 6) is 5.33. The maximum absolute atomic E-state index is 13.2. The molecule has 0 atom stereocenters. The average Bonchev–Trinajstić information content (AvgIpc) is 1.61. The van der Waals surface area contributed by atoms with Crippen LogP contribution in [0.15, 0.2) is 151 Å². The number of fused-ring (bicyclic) bond motifs is 3. The van der Waals surface area contributed by atoms with Gasteiger partial charge in [-0.2, -0.15) is 0 Å². The number of aryl methyl sites for hydroxylation is 3. The molecular weight excluding hydrogens is 1210 g/mol. The fraction of sp³-hybridized carbons (Fsp3) is 0.292. The molecule has 3 amide bonds. The summed E-state index contributed by atoms with van der Waals surface area (Å²) in [6.07, 6.45) is 12.5. The molecule has 0 bridgehead atoms. The van der Waals surface area contributed by atoms with Gasteiger partial charge in [0.15, 0.2) is 0 Å². The van der Waals surface area contributed by atoms with Crippen LogP contribution in [0.4, 0.5) is 17.5 Å². The first-order chi connectivity index (χ1) is 45.0. The summed E-state index contributed by atoms with van der Waals surface area (Å²) in [5, 5.41) is 26.7. The Labute approximate surface area is 550 Å². The minimum atomic E-state index is -1.46. The molecule has 3 aliphatic heterocycles. The molecule has 15 rings (SSSR count). The molecule has 6 aromatic heterocycles. The summed E-state index contributed by atoms with van der Waals surface area (Å²) in [5.41, 5.74) is 11.6. The molecule has 22 heteroatoms. The van der Waals surface area contributed by atoms with Crippen molar-refractivity contribution in [3.8, 4) is 51.5 Å². The summed E-state index contributed by atoms with van der Waals surface area (Å²) in [4.78, 5) is 74.7. The van der Waals surface area contributed by atoms with Crippen molar-refractivity contribution in [3.63, 3.8) is 0 Å². The number of aromatic amines is 1. The van der Waals surface area contributed by atoms with Crippen molar-refractivity contribution in [3.05, 3.63) is 212 Å². The molecule has 0 unspecified atom stereocenters. The number of methoxy groups -OCH3 is 2. The zero-order valence-corrected chi connectivity index (χ0v) is 52.9. The Balaban J connectivity index is 0.000000133. The highest BCUT2D eigenvalue weighted by Crippen LogP contribution is 2.52. The van der Waals surface area contributed by atoms with Gasteiger partial charge in [-0.05, 0) is 164 Å². The molecule has 0 saturated heterocycles. The Bertz CT molecular complexity index is 4350. The average molecular weight is 1290 g/mol. The Morgan fingerprint density at radius 2 is 0.926 bits per heavy atom. The molecule has 3 aromatic carbocycles. The largest absolute Gasteiger partial charge is 0.493 e.